The molecule has 1 aromatic rings. The molecule has 0 atom stereocenters. The lowest BCUT2D eigenvalue weighted by Crippen LogP contribution is -2.31. The molecule has 162 valence electrons. The zero-order chi connectivity index (χ0) is 20.1. The molecule has 0 aliphatic carbocycles. The van der Waals surface area contributed by atoms with Crippen LogP contribution in [-0.4, -0.2) is 70.3 Å². The van der Waals surface area contributed by atoms with Crippen LogP contribution in [0, 0.1) is 0 Å². The van der Waals surface area contributed by atoms with Gasteiger partial charge in [0.05, 0.1) is 0 Å². The minimum atomic E-state index is 1.06. The van der Waals surface area contributed by atoms with Crippen molar-refractivity contribution in [1.29, 1.82) is 0 Å². The molecule has 0 saturated heterocycles. The molecular weight excluding hydrogens is 346 g/mol. The lowest BCUT2D eigenvalue weighted by molar-refractivity contribution is 0.256. The van der Waals surface area contributed by atoms with Gasteiger partial charge in [-0.1, -0.05) is 44.2 Å². The minimum Gasteiger partial charge on any atom is -0.317 e. The number of hydrogen-bond acceptors (Lipinski definition) is 5. The van der Waals surface area contributed by atoms with Gasteiger partial charge in [-0.3, -0.25) is 4.90 Å². The lowest BCUT2D eigenvalue weighted by atomic mass is 10.2. The Labute approximate surface area is 174 Å². The molecule has 5 heteroatoms. The van der Waals surface area contributed by atoms with Crippen molar-refractivity contribution in [2.45, 2.75) is 46.1 Å². The third-order valence-corrected chi connectivity index (χ3v) is 4.82. The predicted molar refractivity (Wildman–Crippen MR) is 123 cm³/mol. The molecule has 28 heavy (non-hydrogen) atoms. The molecule has 1 aromatic carbocycles. The van der Waals surface area contributed by atoms with Crippen molar-refractivity contribution in [3.8, 4) is 0 Å². The molecule has 0 radical (unpaired) electrons. The Balaban J connectivity index is 2.17. The Morgan fingerprint density at radius 3 is 1.57 bits per heavy atom. The minimum absolute atomic E-state index is 1.06. The van der Waals surface area contributed by atoms with Gasteiger partial charge in [-0.15, -0.1) is 0 Å². The summed E-state index contributed by atoms with van der Waals surface area (Å²) < 4.78 is 0. The highest BCUT2D eigenvalue weighted by molar-refractivity contribution is 5.14. The van der Waals surface area contributed by atoms with Gasteiger partial charge in [-0.25, -0.2) is 0 Å². The molecule has 0 aliphatic heterocycles. The highest BCUT2D eigenvalue weighted by atomic mass is 15.1. The largest absolute Gasteiger partial charge is 0.317 e. The van der Waals surface area contributed by atoms with E-state index in [1.54, 1.807) is 0 Å². The third kappa shape index (κ3) is 15.0. The molecule has 0 aromatic heterocycles. The van der Waals surface area contributed by atoms with Crippen molar-refractivity contribution in [2.24, 2.45) is 0 Å². The van der Waals surface area contributed by atoms with Crippen molar-refractivity contribution in [1.82, 2.24) is 26.2 Å². The van der Waals surface area contributed by atoms with Crippen molar-refractivity contribution in [3.05, 3.63) is 35.9 Å². The van der Waals surface area contributed by atoms with Gasteiger partial charge in [0.25, 0.3) is 0 Å². The second-order valence-electron chi connectivity index (χ2n) is 7.38. The van der Waals surface area contributed by atoms with E-state index in [0.717, 1.165) is 72.0 Å². The smallest absolute Gasteiger partial charge is 0.0233 e. The second kappa shape index (κ2) is 19.3. The Morgan fingerprint density at radius 2 is 1.07 bits per heavy atom. The first-order valence-corrected chi connectivity index (χ1v) is 11.5. The molecule has 0 fully saturated rings. The quantitative estimate of drug-likeness (QED) is 0.257. The molecule has 0 heterocycles. The van der Waals surface area contributed by atoms with Crippen LogP contribution in [0.15, 0.2) is 30.3 Å². The van der Waals surface area contributed by atoms with Gasteiger partial charge in [-0.05, 0) is 96.7 Å². The zero-order valence-electron chi connectivity index (χ0n) is 18.4. The summed E-state index contributed by atoms with van der Waals surface area (Å²) in [5.74, 6) is 0. The first kappa shape index (κ1) is 25.1. The Bertz CT molecular complexity index is 406. The summed E-state index contributed by atoms with van der Waals surface area (Å²) in [4.78, 5) is 2.61. The summed E-state index contributed by atoms with van der Waals surface area (Å²) in [5, 5.41) is 13.9. The third-order valence-electron chi connectivity index (χ3n) is 4.82. The maximum Gasteiger partial charge on any atom is 0.0233 e. The zero-order valence-corrected chi connectivity index (χ0v) is 18.4. The van der Waals surface area contributed by atoms with Crippen LogP contribution in [0.3, 0.4) is 0 Å². The van der Waals surface area contributed by atoms with Crippen molar-refractivity contribution >= 4 is 0 Å². The van der Waals surface area contributed by atoms with Gasteiger partial charge in [0.1, 0.15) is 0 Å². The van der Waals surface area contributed by atoms with Crippen LogP contribution in [0.1, 0.15) is 45.1 Å². The van der Waals surface area contributed by atoms with E-state index >= 15 is 0 Å². The fourth-order valence-corrected chi connectivity index (χ4v) is 3.25. The van der Waals surface area contributed by atoms with Crippen molar-refractivity contribution in [2.75, 3.05) is 65.4 Å². The van der Waals surface area contributed by atoms with Crippen LogP contribution in [0.5, 0.6) is 0 Å². The lowest BCUT2D eigenvalue weighted by Gasteiger charge is -2.23. The van der Waals surface area contributed by atoms with Crippen LogP contribution in [0.25, 0.3) is 0 Å². The fourth-order valence-electron chi connectivity index (χ4n) is 3.25. The monoisotopic (exact) mass is 391 g/mol. The SMILES string of the molecule is CCNCCCNCCCN(CCCNCCCNCC)Cc1ccccc1. The standard InChI is InChI=1S/C23H45N5/c1-3-24-14-8-16-26-18-10-20-28(22-23-12-6-5-7-13-23)21-11-19-27-17-9-15-25-4-2/h5-7,12-13,24-27H,3-4,8-11,14-22H2,1-2H3. The van der Waals surface area contributed by atoms with Crippen molar-refractivity contribution in [3.63, 3.8) is 0 Å². The average Bonchev–Trinajstić information content (AvgIpc) is 2.72. The van der Waals surface area contributed by atoms with E-state index in [4.69, 9.17) is 0 Å². The van der Waals surface area contributed by atoms with E-state index in [2.05, 4.69) is 70.3 Å². The van der Waals surface area contributed by atoms with E-state index in [-0.39, 0.29) is 0 Å². The number of benzene rings is 1. The van der Waals surface area contributed by atoms with Gasteiger partial charge in [0.2, 0.25) is 0 Å². The molecule has 0 unspecified atom stereocenters. The van der Waals surface area contributed by atoms with E-state index in [1.165, 1.54) is 31.2 Å². The number of nitrogens with one attached hydrogen (secondary N) is 4. The van der Waals surface area contributed by atoms with Gasteiger partial charge < -0.3 is 21.3 Å². The first-order valence-electron chi connectivity index (χ1n) is 11.5. The summed E-state index contributed by atoms with van der Waals surface area (Å²) in [6.45, 7) is 16.5. The summed E-state index contributed by atoms with van der Waals surface area (Å²) in [5.41, 5.74) is 1.42. The molecule has 0 aliphatic rings. The summed E-state index contributed by atoms with van der Waals surface area (Å²) in [6.07, 6.45) is 4.84. The Kier molecular flexibility index (Phi) is 17.3. The average molecular weight is 392 g/mol. The van der Waals surface area contributed by atoms with Crippen molar-refractivity contribution < 1.29 is 0 Å². The van der Waals surface area contributed by atoms with Crippen LogP contribution in [0.4, 0.5) is 0 Å². The van der Waals surface area contributed by atoms with Gasteiger partial charge in [0, 0.05) is 6.54 Å². The van der Waals surface area contributed by atoms with E-state index in [1.807, 2.05) is 0 Å². The van der Waals surface area contributed by atoms with Crippen LogP contribution in [0.2, 0.25) is 0 Å². The van der Waals surface area contributed by atoms with E-state index in [0.29, 0.717) is 0 Å². The molecule has 5 nitrogen and oxygen atoms in total. The van der Waals surface area contributed by atoms with Gasteiger partial charge in [0.15, 0.2) is 0 Å². The van der Waals surface area contributed by atoms with Crippen LogP contribution < -0.4 is 21.3 Å². The maximum absolute atomic E-state index is 3.58. The molecular formula is C23H45N5. The van der Waals surface area contributed by atoms with Gasteiger partial charge in [-0.2, -0.15) is 0 Å². The summed E-state index contributed by atoms with van der Waals surface area (Å²) >= 11 is 0. The molecule has 1 rings (SSSR count). The summed E-state index contributed by atoms with van der Waals surface area (Å²) in [7, 11) is 0. The van der Waals surface area contributed by atoms with E-state index < -0.39 is 0 Å². The maximum atomic E-state index is 3.58. The molecule has 4 N–H and O–H groups in total. The molecule has 0 saturated carbocycles. The number of nitrogens with zero attached hydrogens (tertiary/aromatic N) is 1. The Morgan fingerprint density at radius 1 is 0.607 bits per heavy atom. The predicted octanol–water partition coefficient (Wildman–Crippen LogP) is 2.45. The highest BCUT2D eigenvalue weighted by Crippen LogP contribution is 2.05. The summed E-state index contributed by atoms with van der Waals surface area (Å²) in [6, 6.07) is 10.9. The molecule has 0 bridgehead atoms. The molecule has 0 amide bonds. The van der Waals surface area contributed by atoms with Crippen LogP contribution in [-0.2, 0) is 6.54 Å². The topological polar surface area (TPSA) is 51.4 Å². The second-order valence-corrected chi connectivity index (χ2v) is 7.38. The number of hydrogen-bond donors (Lipinski definition) is 4. The first-order chi connectivity index (χ1) is 13.9. The van der Waals surface area contributed by atoms with Gasteiger partial charge >= 0.3 is 0 Å². The fraction of sp³-hybridized carbons (Fsp3) is 0.739. The Hall–Kier alpha value is -0.980. The van der Waals surface area contributed by atoms with Crippen LogP contribution >= 0.6 is 0 Å². The normalized spacial score (nSPS) is 11.4. The number of rotatable bonds is 20. The van der Waals surface area contributed by atoms with E-state index in [9.17, 15) is 0 Å². The highest BCUT2D eigenvalue weighted by Gasteiger charge is 2.05. The molecule has 0 spiro atoms.